The lowest BCUT2D eigenvalue weighted by Gasteiger charge is -2.20. The first-order valence-electron chi connectivity index (χ1n) is 8.08. The summed E-state index contributed by atoms with van der Waals surface area (Å²) in [6, 6.07) is 18.4. The summed E-state index contributed by atoms with van der Waals surface area (Å²) in [5, 5.41) is 0. The van der Waals surface area contributed by atoms with Crippen molar-refractivity contribution in [2.75, 3.05) is 0 Å². The van der Waals surface area contributed by atoms with E-state index in [2.05, 4.69) is 43.0 Å². The molecule has 0 bridgehead atoms. The summed E-state index contributed by atoms with van der Waals surface area (Å²) >= 11 is 0. The molecule has 1 heterocycles. The van der Waals surface area contributed by atoms with Gasteiger partial charge in [-0.05, 0) is 48.2 Å². The topological polar surface area (TPSA) is 17.1 Å². The molecule has 0 amide bonds. The molecular formula is C22H20OS. The highest BCUT2D eigenvalue weighted by Crippen LogP contribution is 2.54. The normalized spacial score (nSPS) is 17.5. The maximum absolute atomic E-state index is 12.3. The van der Waals surface area contributed by atoms with Crippen LogP contribution >= 0.6 is 10.9 Å². The number of hydrogen-bond acceptors (Lipinski definition) is 1. The molecule has 2 aromatic rings. The van der Waals surface area contributed by atoms with Crippen LogP contribution < -0.4 is 0 Å². The molecule has 24 heavy (non-hydrogen) atoms. The zero-order chi connectivity index (χ0) is 16.9. The van der Waals surface area contributed by atoms with Crippen LogP contribution in [-0.2, 0) is 4.79 Å². The SMILES string of the molecule is CCC(=O)C1=CC=C(C#Cc2ccc(C)cc2)[SH]1c1ccccc1. The van der Waals surface area contributed by atoms with Gasteiger partial charge in [0.25, 0.3) is 0 Å². The zero-order valence-corrected chi connectivity index (χ0v) is 14.8. The van der Waals surface area contributed by atoms with E-state index in [1.165, 1.54) is 10.5 Å². The van der Waals surface area contributed by atoms with Gasteiger partial charge in [0.2, 0.25) is 0 Å². The predicted octanol–water partition coefficient (Wildman–Crippen LogP) is 5.17. The molecule has 2 aromatic carbocycles. The Morgan fingerprint density at radius 1 is 0.958 bits per heavy atom. The number of allylic oxidation sites excluding steroid dienone is 4. The third-order valence-electron chi connectivity index (χ3n) is 3.89. The van der Waals surface area contributed by atoms with Gasteiger partial charge in [-0.1, -0.05) is 54.7 Å². The molecule has 0 radical (unpaired) electrons. The van der Waals surface area contributed by atoms with Crippen LogP contribution in [0.5, 0.6) is 0 Å². The highest BCUT2D eigenvalue weighted by atomic mass is 32.2. The second kappa shape index (κ2) is 7.38. The number of carbonyl (C=O) groups excluding carboxylic acids is 1. The first-order valence-corrected chi connectivity index (χ1v) is 9.42. The molecule has 1 atom stereocenters. The van der Waals surface area contributed by atoms with Crippen molar-refractivity contribution in [2.24, 2.45) is 0 Å². The Morgan fingerprint density at radius 3 is 2.33 bits per heavy atom. The number of ketones is 1. The lowest BCUT2D eigenvalue weighted by atomic mass is 10.1. The number of aryl methyl sites for hydroxylation is 1. The summed E-state index contributed by atoms with van der Waals surface area (Å²) < 4.78 is 0. The Balaban J connectivity index is 1.93. The Morgan fingerprint density at radius 2 is 1.67 bits per heavy atom. The van der Waals surface area contributed by atoms with Crippen molar-refractivity contribution in [1.29, 1.82) is 0 Å². The van der Waals surface area contributed by atoms with Crippen LogP contribution in [0.2, 0.25) is 0 Å². The fourth-order valence-corrected chi connectivity index (χ4v) is 4.87. The van der Waals surface area contributed by atoms with Gasteiger partial charge < -0.3 is 0 Å². The molecule has 1 unspecified atom stereocenters. The molecule has 0 aromatic heterocycles. The Hall–Kier alpha value is -2.50. The first kappa shape index (κ1) is 16.4. The molecule has 0 spiro atoms. The van der Waals surface area contributed by atoms with Gasteiger partial charge in [0, 0.05) is 21.8 Å². The Kier molecular flexibility index (Phi) is 5.03. The minimum atomic E-state index is -0.816. The third kappa shape index (κ3) is 3.53. The quantitative estimate of drug-likeness (QED) is 0.606. The Bertz CT molecular complexity index is 862. The van der Waals surface area contributed by atoms with Crippen molar-refractivity contribution < 1.29 is 4.79 Å². The second-order valence-electron chi connectivity index (χ2n) is 5.67. The van der Waals surface area contributed by atoms with E-state index >= 15 is 0 Å². The standard InChI is InChI=1S/C22H20OS/c1-3-21(23)22-16-15-20(24(22)19-7-5-4-6-8-19)14-13-18-11-9-17(2)10-12-18/h4-12,15-16,24H,3H2,1-2H3. The molecule has 1 aliphatic rings. The van der Waals surface area contributed by atoms with Gasteiger partial charge in [-0.25, -0.2) is 0 Å². The largest absolute Gasteiger partial charge is 0.294 e. The van der Waals surface area contributed by atoms with E-state index in [9.17, 15) is 4.79 Å². The fraction of sp³-hybridized carbons (Fsp3) is 0.136. The van der Waals surface area contributed by atoms with Crippen LogP contribution in [0.15, 0.2) is 81.5 Å². The summed E-state index contributed by atoms with van der Waals surface area (Å²) in [7, 11) is -0.816. The van der Waals surface area contributed by atoms with E-state index in [-0.39, 0.29) is 5.78 Å². The number of Topliss-reactive ketones (excluding diaryl/α,β-unsaturated/α-hetero) is 1. The molecule has 1 aliphatic heterocycles. The maximum Gasteiger partial charge on any atom is 0.167 e. The maximum atomic E-state index is 12.3. The predicted molar refractivity (Wildman–Crippen MR) is 103 cm³/mol. The van der Waals surface area contributed by atoms with Crippen molar-refractivity contribution in [3.63, 3.8) is 0 Å². The van der Waals surface area contributed by atoms with Gasteiger partial charge in [0.1, 0.15) is 0 Å². The second-order valence-corrected chi connectivity index (χ2v) is 7.82. The molecule has 3 rings (SSSR count). The van der Waals surface area contributed by atoms with Gasteiger partial charge in [-0.2, -0.15) is 10.9 Å². The zero-order valence-electron chi connectivity index (χ0n) is 13.9. The van der Waals surface area contributed by atoms with Gasteiger partial charge in [-0.3, -0.25) is 4.79 Å². The molecule has 2 heteroatoms. The van der Waals surface area contributed by atoms with Crippen molar-refractivity contribution in [3.05, 3.63) is 87.7 Å². The number of thiol groups is 1. The molecule has 0 N–H and O–H groups in total. The lowest BCUT2D eigenvalue weighted by Crippen LogP contribution is -2.00. The monoisotopic (exact) mass is 332 g/mol. The average Bonchev–Trinajstić information content (AvgIpc) is 3.05. The van der Waals surface area contributed by atoms with Gasteiger partial charge in [-0.15, -0.1) is 0 Å². The Labute approximate surface area is 146 Å². The molecule has 120 valence electrons. The number of rotatable bonds is 3. The van der Waals surface area contributed by atoms with Crippen molar-refractivity contribution >= 4 is 16.7 Å². The lowest BCUT2D eigenvalue weighted by molar-refractivity contribution is -0.114. The third-order valence-corrected chi connectivity index (χ3v) is 6.33. The van der Waals surface area contributed by atoms with Crippen molar-refractivity contribution in [2.45, 2.75) is 25.2 Å². The van der Waals surface area contributed by atoms with E-state index in [0.717, 1.165) is 15.4 Å². The molecule has 0 saturated heterocycles. The van der Waals surface area contributed by atoms with Crippen LogP contribution in [-0.4, -0.2) is 5.78 Å². The smallest absolute Gasteiger partial charge is 0.167 e. The highest BCUT2D eigenvalue weighted by molar-refractivity contribution is 8.24. The highest BCUT2D eigenvalue weighted by Gasteiger charge is 2.24. The fourth-order valence-electron chi connectivity index (χ4n) is 2.56. The minimum absolute atomic E-state index is 0.216. The van der Waals surface area contributed by atoms with E-state index in [4.69, 9.17) is 0 Å². The molecule has 0 aliphatic carbocycles. The number of benzene rings is 2. The van der Waals surface area contributed by atoms with Gasteiger partial charge >= 0.3 is 0 Å². The number of carbonyl (C=O) groups is 1. The first-order chi connectivity index (χ1) is 11.7. The summed E-state index contributed by atoms with van der Waals surface area (Å²) in [6.45, 7) is 3.98. The van der Waals surface area contributed by atoms with Crippen molar-refractivity contribution in [1.82, 2.24) is 0 Å². The molecular weight excluding hydrogens is 312 g/mol. The summed E-state index contributed by atoms with van der Waals surface area (Å²) in [5.41, 5.74) is 2.23. The van der Waals surface area contributed by atoms with Crippen LogP contribution in [0.4, 0.5) is 0 Å². The van der Waals surface area contributed by atoms with Crippen LogP contribution in [0.1, 0.15) is 24.5 Å². The van der Waals surface area contributed by atoms with E-state index < -0.39 is 10.9 Å². The molecule has 1 nitrogen and oxygen atoms in total. The summed E-state index contributed by atoms with van der Waals surface area (Å²) in [6.07, 6.45) is 4.51. The number of hydrogen-bond donors (Lipinski definition) is 1. The molecule has 0 fully saturated rings. The minimum Gasteiger partial charge on any atom is -0.294 e. The van der Waals surface area contributed by atoms with Crippen LogP contribution in [0.25, 0.3) is 0 Å². The van der Waals surface area contributed by atoms with Crippen LogP contribution in [0.3, 0.4) is 0 Å². The van der Waals surface area contributed by atoms with E-state index in [1.807, 2.05) is 49.4 Å². The van der Waals surface area contributed by atoms with E-state index in [1.54, 1.807) is 0 Å². The van der Waals surface area contributed by atoms with E-state index in [0.29, 0.717) is 6.42 Å². The molecule has 0 saturated carbocycles. The summed E-state index contributed by atoms with van der Waals surface area (Å²) in [4.78, 5) is 15.5. The van der Waals surface area contributed by atoms with Gasteiger partial charge in [0.05, 0.1) is 0 Å². The van der Waals surface area contributed by atoms with Gasteiger partial charge in [0.15, 0.2) is 5.78 Å². The van der Waals surface area contributed by atoms with Crippen molar-refractivity contribution in [3.8, 4) is 11.8 Å². The average molecular weight is 332 g/mol. The van der Waals surface area contributed by atoms with Crippen LogP contribution in [0, 0.1) is 18.8 Å². The summed E-state index contributed by atoms with van der Waals surface area (Å²) in [5.74, 6) is 6.77.